The molecule has 20 heavy (non-hydrogen) atoms. The van der Waals surface area contributed by atoms with Gasteiger partial charge in [0.2, 0.25) is 0 Å². The van der Waals surface area contributed by atoms with Crippen molar-refractivity contribution in [2.75, 3.05) is 5.75 Å². The van der Waals surface area contributed by atoms with E-state index in [1.807, 2.05) is 12.1 Å². The van der Waals surface area contributed by atoms with Crippen LogP contribution in [0.3, 0.4) is 0 Å². The summed E-state index contributed by atoms with van der Waals surface area (Å²) in [6, 6.07) is 7.10. The van der Waals surface area contributed by atoms with E-state index >= 15 is 0 Å². The van der Waals surface area contributed by atoms with E-state index < -0.39 is 5.97 Å². The average Bonchev–Trinajstić information content (AvgIpc) is 3.08. The molecule has 1 aromatic carbocycles. The van der Waals surface area contributed by atoms with Gasteiger partial charge in [-0.15, -0.1) is 11.8 Å². The Kier molecular flexibility index (Phi) is 4.03. The van der Waals surface area contributed by atoms with Crippen LogP contribution in [-0.4, -0.2) is 28.5 Å². The molecule has 3 rings (SSSR count). The summed E-state index contributed by atoms with van der Waals surface area (Å²) in [5.74, 6) is 0.0950. The number of benzene rings is 1. The van der Waals surface area contributed by atoms with Crippen molar-refractivity contribution in [3.63, 3.8) is 0 Å². The molecule has 0 amide bonds. The zero-order chi connectivity index (χ0) is 14.0. The molecule has 108 valence electrons. The Bertz CT molecular complexity index is 477. The summed E-state index contributed by atoms with van der Waals surface area (Å²) >= 11 is 1.76. The van der Waals surface area contributed by atoms with E-state index in [2.05, 4.69) is 0 Å². The van der Waals surface area contributed by atoms with Gasteiger partial charge in [0.05, 0.1) is 17.3 Å². The van der Waals surface area contributed by atoms with Gasteiger partial charge in [0.1, 0.15) is 0 Å². The van der Waals surface area contributed by atoms with Gasteiger partial charge in [-0.25, -0.2) is 4.79 Å². The molecule has 4 heteroatoms. The first-order chi connectivity index (χ1) is 9.67. The molecule has 2 fully saturated rings. The molecule has 1 spiro atoms. The quantitative estimate of drug-likeness (QED) is 0.853. The zero-order valence-electron chi connectivity index (χ0n) is 11.5. The summed E-state index contributed by atoms with van der Waals surface area (Å²) in [6.45, 7) is 0. The van der Waals surface area contributed by atoms with Crippen LogP contribution < -0.4 is 0 Å². The largest absolute Gasteiger partial charge is 0.478 e. The number of aromatic carboxylic acids is 1. The zero-order valence-corrected chi connectivity index (χ0v) is 12.3. The summed E-state index contributed by atoms with van der Waals surface area (Å²) in [4.78, 5) is 11.9. The van der Waals surface area contributed by atoms with Gasteiger partial charge in [-0.05, 0) is 49.9 Å². The Hall–Kier alpha value is -1.00. The second-order valence-electron chi connectivity index (χ2n) is 5.81. The third-order valence-electron chi connectivity index (χ3n) is 4.39. The fraction of sp³-hybridized carbons (Fsp3) is 0.562. The van der Waals surface area contributed by atoms with Crippen molar-refractivity contribution in [3.05, 3.63) is 29.8 Å². The molecule has 1 unspecified atom stereocenters. The number of hydrogen-bond acceptors (Lipinski definition) is 3. The number of carboxylic acids is 1. The Labute approximate surface area is 123 Å². The van der Waals surface area contributed by atoms with E-state index in [1.165, 1.54) is 38.5 Å². The highest BCUT2D eigenvalue weighted by Crippen LogP contribution is 2.44. The smallest absolute Gasteiger partial charge is 0.335 e. The van der Waals surface area contributed by atoms with Crippen LogP contribution >= 0.6 is 11.8 Å². The van der Waals surface area contributed by atoms with Crippen LogP contribution in [0.4, 0.5) is 0 Å². The standard InChI is InChI=1S/C16H20O3S/c17-15(18)12-3-5-14(6-4-12)20-11-13-7-10-16(19-13)8-1-2-9-16/h3-6,13H,1-2,7-11H2,(H,17,18). The van der Waals surface area contributed by atoms with Gasteiger partial charge in [-0.2, -0.15) is 0 Å². The fourth-order valence-corrected chi connectivity index (χ4v) is 4.22. The summed E-state index contributed by atoms with van der Waals surface area (Å²) in [6.07, 6.45) is 7.85. The van der Waals surface area contributed by atoms with Crippen molar-refractivity contribution in [1.29, 1.82) is 0 Å². The Morgan fingerprint density at radius 1 is 1.25 bits per heavy atom. The van der Waals surface area contributed by atoms with E-state index in [0.717, 1.165) is 10.6 Å². The van der Waals surface area contributed by atoms with Gasteiger partial charge in [0.15, 0.2) is 0 Å². The highest BCUT2D eigenvalue weighted by molar-refractivity contribution is 7.99. The minimum atomic E-state index is -0.871. The first-order valence-corrected chi connectivity index (χ1v) is 8.29. The third kappa shape index (κ3) is 3.01. The minimum Gasteiger partial charge on any atom is -0.478 e. The number of carbonyl (C=O) groups is 1. The van der Waals surface area contributed by atoms with Crippen molar-refractivity contribution in [2.45, 2.75) is 55.1 Å². The van der Waals surface area contributed by atoms with Crippen LogP contribution in [0, 0.1) is 0 Å². The molecular weight excluding hydrogens is 272 g/mol. The van der Waals surface area contributed by atoms with Crippen molar-refractivity contribution in [3.8, 4) is 0 Å². The molecule has 1 atom stereocenters. The Balaban J connectivity index is 1.51. The summed E-state index contributed by atoms with van der Waals surface area (Å²) in [5.41, 5.74) is 0.551. The normalized spacial score (nSPS) is 24.3. The lowest BCUT2D eigenvalue weighted by atomic mass is 9.98. The number of ether oxygens (including phenoxy) is 1. The molecule has 1 saturated heterocycles. The third-order valence-corrected chi connectivity index (χ3v) is 5.53. The maximum Gasteiger partial charge on any atom is 0.335 e. The van der Waals surface area contributed by atoms with E-state index in [1.54, 1.807) is 23.9 Å². The van der Waals surface area contributed by atoms with Crippen molar-refractivity contribution >= 4 is 17.7 Å². The lowest BCUT2D eigenvalue weighted by Crippen LogP contribution is -2.25. The minimum absolute atomic E-state index is 0.207. The van der Waals surface area contributed by atoms with E-state index in [0.29, 0.717) is 11.7 Å². The SMILES string of the molecule is O=C(O)c1ccc(SCC2CCC3(CCCC3)O2)cc1. The molecule has 1 aliphatic heterocycles. The van der Waals surface area contributed by atoms with E-state index in [4.69, 9.17) is 9.84 Å². The number of rotatable bonds is 4. The molecule has 1 N–H and O–H groups in total. The van der Waals surface area contributed by atoms with Crippen LogP contribution in [0.2, 0.25) is 0 Å². The number of thioether (sulfide) groups is 1. The molecule has 1 heterocycles. The van der Waals surface area contributed by atoms with Gasteiger partial charge in [0.25, 0.3) is 0 Å². The van der Waals surface area contributed by atoms with Gasteiger partial charge in [-0.1, -0.05) is 12.8 Å². The second-order valence-corrected chi connectivity index (χ2v) is 6.90. The van der Waals surface area contributed by atoms with Crippen LogP contribution in [0.1, 0.15) is 48.9 Å². The molecule has 3 nitrogen and oxygen atoms in total. The fourth-order valence-electron chi connectivity index (χ4n) is 3.28. The van der Waals surface area contributed by atoms with Gasteiger partial charge >= 0.3 is 5.97 Å². The summed E-state index contributed by atoms with van der Waals surface area (Å²) in [7, 11) is 0. The first-order valence-electron chi connectivity index (χ1n) is 7.31. The highest BCUT2D eigenvalue weighted by atomic mass is 32.2. The van der Waals surface area contributed by atoms with Gasteiger partial charge in [-0.3, -0.25) is 0 Å². The van der Waals surface area contributed by atoms with Crippen LogP contribution in [0.15, 0.2) is 29.2 Å². The second kappa shape index (κ2) is 5.78. The van der Waals surface area contributed by atoms with Crippen LogP contribution in [0.5, 0.6) is 0 Å². The average molecular weight is 292 g/mol. The van der Waals surface area contributed by atoms with Crippen LogP contribution in [0.25, 0.3) is 0 Å². The number of hydrogen-bond donors (Lipinski definition) is 1. The molecule has 2 aliphatic rings. The number of carboxylic acid groups (broad SMARTS) is 1. The maximum absolute atomic E-state index is 10.8. The Morgan fingerprint density at radius 2 is 1.95 bits per heavy atom. The van der Waals surface area contributed by atoms with E-state index in [9.17, 15) is 4.79 Å². The topological polar surface area (TPSA) is 46.5 Å². The maximum atomic E-state index is 10.8. The van der Waals surface area contributed by atoms with Crippen molar-refractivity contribution < 1.29 is 14.6 Å². The van der Waals surface area contributed by atoms with E-state index in [-0.39, 0.29) is 5.60 Å². The molecule has 0 bridgehead atoms. The van der Waals surface area contributed by atoms with Gasteiger partial charge in [0, 0.05) is 10.6 Å². The van der Waals surface area contributed by atoms with Crippen molar-refractivity contribution in [1.82, 2.24) is 0 Å². The summed E-state index contributed by atoms with van der Waals surface area (Å²) in [5, 5.41) is 8.87. The van der Waals surface area contributed by atoms with Crippen LogP contribution in [-0.2, 0) is 4.74 Å². The lowest BCUT2D eigenvalue weighted by molar-refractivity contribution is -0.0267. The molecule has 1 aliphatic carbocycles. The molecule has 0 radical (unpaired) electrons. The summed E-state index contributed by atoms with van der Waals surface area (Å²) < 4.78 is 6.28. The highest BCUT2D eigenvalue weighted by Gasteiger charge is 2.41. The molecule has 1 aromatic rings. The molecule has 0 aromatic heterocycles. The predicted octanol–water partition coefficient (Wildman–Crippen LogP) is 3.97. The predicted molar refractivity (Wildman–Crippen MR) is 79.4 cm³/mol. The molecule has 1 saturated carbocycles. The lowest BCUT2D eigenvalue weighted by Gasteiger charge is -2.23. The van der Waals surface area contributed by atoms with Crippen molar-refractivity contribution in [2.24, 2.45) is 0 Å². The monoisotopic (exact) mass is 292 g/mol. The molecular formula is C16H20O3S. The van der Waals surface area contributed by atoms with Gasteiger partial charge < -0.3 is 9.84 Å². The Morgan fingerprint density at radius 3 is 2.60 bits per heavy atom. The first kappa shape index (κ1) is 14.0.